The number of aromatic nitrogens is 2. The van der Waals surface area contributed by atoms with Crippen LogP contribution in [0.1, 0.15) is 21.1 Å². The summed E-state index contributed by atoms with van der Waals surface area (Å²) in [6.45, 7) is 5.79. The second kappa shape index (κ2) is 5.71. The van der Waals surface area contributed by atoms with E-state index in [1.165, 1.54) is 15.3 Å². The average Bonchev–Trinajstić information content (AvgIpc) is 2.99. The normalized spacial score (nSPS) is 11.6. The first-order valence-electron chi connectivity index (χ1n) is 6.77. The van der Waals surface area contributed by atoms with Gasteiger partial charge in [0.1, 0.15) is 16.5 Å². The first kappa shape index (κ1) is 14.4. The lowest BCUT2D eigenvalue weighted by atomic mass is 10.2. The van der Waals surface area contributed by atoms with Crippen LogP contribution < -0.4 is 5.73 Å². The van der Waals surface area contributed by atoms with Crippen LogP contribution in [0.25, 0.3) is 10.2 Å². The SMILES string of the molecule is Cc1sc2nc(CN(C)Cc3cccs3)nc(N)c2c1C. The Morgan fingerprint density at radius 2 is 2.05 bits per heavy atom. The van der Waals surface area contributed by atoms with E-state index in [1.54, 1.807) is 22.7 Å². The van der Waals surface area contributed by atoms with Gasteiger partial charge in [-0.3, -0.25) is 4.90 Å². The van der Waals surface area contributed by atoms with Crippen molar-refractivity contribution in [1.82, 2.24) is 14.9 Å². The fourth-order valence-corrected chi connectivity index (χ4v) is 4.20. The van der Waals surface area contributed by atoms with E-state index in [1.807, 2.05) is 0 Å². The van der Waals surface area contributed by atoms with E-state index >= 15 is 0 Å². The van der Waals surface area contributed by atoms with Crippen molar-refractivity contribution in [3.63, 3.8) is 0 Å². The van der Waals surface area contributed by atoms with Gasteiger partial charge >= 0.3 is 0 Å². The Labute approximate surface area is 132 Å². The summed E-state index contributed by atoms with van der Waals surface area (Å²) in [5.41, 5.74) is 7.32. The van der Waals surface area contributed by atoms with Crippen LogP contribution in [0.5, 0.6) is 0 Å². The van der Waals surface area contributed by atoms with Gasteiger partial charge in [0.05, 0.1) is 11.9 Å². The summed E-state index contributed by atoms with van der Waals surface area (Å²) in [7, 11) is 2.08. The van der Waals surface area contributed by atoms with Gasteiger partial charge in [-0.25, -0.2) is 9.97 Å². The van der Waals surface area contributed by atoms with E-state index in [9.17, 15) is 0 Å². The largest absolute Gasteiger partial charge is 0.383 e. The third-order valence-corrected chi connectivity index (χ3v) is 5.48. The van der Waals surface area contributed by atoms with Crippen LogP contribution in [0, 0.1) is 13.8 Å². The summed E-state index contributed by atoms with van der Waals surface area (Å²) >= 11 is 3.46. The van der Waals surface area contributed by atoms with E-state index in [0.29, 0.717) is 12.4 Å². The summed E-state index contributed by atoms with van der Waals surface area (Å²) in [5.74, 6) is 1.39. The first-order chi connectivity index (χ1) is 10.0. The summed E-state index contributed by atoms with van der Waals surface area (Å²) in [6.07, 6.45) is 0. The minimum absolute atomic E-state index is 0.598. The molecule has 3 heterocycles. The third-order valence-electron chi connectivity index (χ3n) is 3.52. The molecule has 0 atom stereocenters. The van der Waals surface area contributed by atoms with Gasteiger partial charge in [-0.15, -0.1) is 22.7 Å². The van der Waals surface area contributed by atoms with Gasteiger partial charge in [0.15, 0.2) is 0 Å². The van der Waals surface area contributed by atoms with Crippen molar-refractivity contribution in [2.24, 2.45) is 0 Å². The summed E-state index contributed by atoms with van der Waals surface area (Å²) in [4.78, 5) is 15.0. The predicted molar refractivity (Wildman–Crippen MR) is 90.8 cm³/mol. The zero-order chi connectivity index (χ0) is 15.0. The highest BCUT2D eigenvalue weighted by atomic mass is 32.1. The molecule has 0 fully saturated rings. The number of aryl methyl sites for hydroxylation is 2. The average molecular weight is 318 g/mol. The first-order valence-corrected chi connectivity index (χ1v) is 8.47. The fraction of sp³-hybridized carbons (Fsp3) is 0.333. The van der Waals surface area contributed by atoms with Gasteiger partial charge in [-0.2, -0.15) is 0 Å². The highest BCUT2D eigenvalue weighted by molar-refractivity contribution is 7.18. The maximum Gasteiger partial charge on any atom is 0.146 e. The minimum atomic E-state index is 0.598. The standard InChI is InChI=1S/C15H18N4S2/c1-9-10(2)21-15-13(9)14(16)17-12(18-15)8-19(3)7-11-5-4-6-20-11/h4-6H,7-8H2,1-3H3,(H2,16,17,18). The van der Waals surface area contributed by atoms with Crippen LogP contribution in [-0.4, -0.2) is 21.9 Å². The van der Waals surface area contributed by atoms with Crippen molar-refractivity contribution < 1.29 is 0 Å². The molecule has 3 rings (SSSR count). The van der Waals surface area contributed by atoms with Crippen molar-refractivity contribution in [3.8, 4) is 0 Å². The van der Waals surface area contributed by atoms with Gasteiger partial charge < -0.3 is 5.73 Å². The number of nitrogens with zero attached hydrogens (tertiary/aromatic N) is 3. The van der Waals surface area contributed by atoms with Crippen molar-refractivity contribution >= 4 is 38.7 Å². The fourth-order valence-electron chi connectivity index (χ4n) is 2.36. The van der Waals surface area contributed by atoms with E-state index in [4.69, 9.17) is 5.73 Å². The Kier molecular flexibility index (Phi) is 3.93. The molecule has 0 aromatic carbocycles. The number of nitrogens with two attached hydrogens (primary N) is 1. The molecule has 0 bridgehead atoms. The molecule has 4 nitrogen and oxygen atoms in total. The third kappa shape index (κ3) is 2.92. The molecular weight excluding hydrogens is 300 g/mol. The molecule has 0 aliphatic rings. The summed E-state index contributed by atoms with van der Waals surface area (Å²) in [5, 5.41) is 3.11. The molecule has 2 N–H and O–H groups in total. The quantitative estimate of drug-likeness (QED) is 0.799. The Balaban J connectivity index is 1.84. The summed E-state index contributed by atoms with van der Waals surface area (Å²) < 4.78 is 0. The van der Waals surface area contributed by atoms with Crippen molar-refractivity contribution in [2.45, 2.75) is 26.9 Å². The summed E-state index contributed by atoms with van der Waals surface area (Å²) in [6, 6.07) is 4.22. The van der Waals surface area contributed by atoms with Crippen molar-refractivity contribution in [2.75, 3.05) is 12.8 Å². The molecule has 3 aromatic rings. The number of rotatable bonds is 4. The minimum Gasteiger partial charge on any atom is -0.383 e. The topological polar surface area (TPSA) is 55.0 Å². The molecule has 0 saturated heterocycles. The highest BCUT2D eigenvalue weighted by Gasteiger charge is 2.13. The number of hydrogen-bond donors (Lipinski definition) is 1. The van der Waals surface area contributed by atoms with Gasteiger partial charge in [0.2, 0.25) is 0 Å². The molecule has 110 valence electrons. The molecule has 3 aromatic heterocycles. The van der Waals surface area contributed by atoms with E-state index in [0.717, 1.165) is 22.6 Å². The zero-order valence-electron chi connectivity index (χ0n) is 12.4. The van der Waals surface area contributed by atoms with Crippen LogP contribution >= 0.6 is 22.7 Å². The lowest BCUT2D eigenvalue weighted by Gasteiger charge is -2.14. The van der Waals surface area contributed by atoms with Gasteiger partial charge in [-0.05, 0) is 37.9 Å². The number of nitrogen functional groups attached to an aromatic ring is 1. The van der Waals surface area contributed by atoms with Crippen LogP contribution in [0.2, 0.25) is 0 Å². The van der Waals surface area contributed by atoms with Crippen molar-refractivity contribution in [3.05, 3.63) is 38.7 Å². The van der Waals surface area contributed by atoms with Crippen LogP contribution in [0.15, 0.2) is 17.5 Å². The lowest BCUT2D eigenvalue weighted by molar-refractivity contribution is 0.314. The smallest absolute Gasteiger partial charge is 0.146 e. The van der Waals surface area contributed by atoms with Gasteiger partial charge in [0.25, 0.3) is 0 Å². The number of fused-ring (bicyclic) bond motifs is 1. The number of hydrogen-bond acceptors (Lipinski definition) is 6. The molecule has 0 aliphatic carbocycles. The Bertz CT molecular complexity index is 762. The monoisotopic (exact) mass is 318 g/mol. The molecule has 0 unspecified atom stereocenters. The second-order valence-electron chi connectivity index (χ2n) is 5.24. The van der Waals surface area contributed by atoms with Gasteiger partial charge in [0, 0.05) is 16.3 Å². The van der Waals surface area contributed by atoms with Crippen LogP contribution in [0.4, 0.5) is 5.82 Å². The van der Waals surface area contributed by atoms with Crippen LogP contribution in [-0.2, 0) is 13.1 Å². The molecule has 0 amide bonds. The Morgan fingerprint density at radius 1 is 1.24 bits per heavy atom. The lowest BCUT2D eigenvalue weighted by Crippen LogP contribution is -2.18. The van der Waals surface area contributed by atoms with E-state index < -0.39 is 0 Å². The highest BCUT2D eigenvalue weighted by Crippen LogP contribution is 2.31. The number of anilines is 1. The molecule has 21 heavy (non-hydrogen) atoms. The predicted octanol–water partition coefficient (Wildman–Crippen LogP) is 3.58. The van der Waals surface area contributed by atoms with E-state index in [-0.39, 0.29) is 0 Å². The van der Waals surface area contributed by atoms with Crippen LogP contribution in [0.3, 0.4) is 0 Å². The second-order valence-corrected chi connectivity index (χ2v) is 7.48. The van der Waals surface area contributed by atoms with Crippen molar-refractivity contribution in [1.29, 1.82) is 0 Å². The maximum atomic E-state index is 6.12. The van der Waals surface area contributed by atoms with E-state index in [2.05, 4.69) is 53.3 Å². The Hall–Kier alpha value is -1.50. The molecule has 0 spiro atoms. The maximum absolute atomic E-state index is 6.12. The zero-order valence-corrected chi connectivity index (χ0v) is 14.0. The van der Waals surface area contributed by atoms with Gasteiger partial charge in [-0.1, -0.05) is 6.07 Å². The molecule has 6 heteroatoms. The number of thiophene rings is 2. The molecule has 0 saturated carbocycles. The molecule has 0 radical (unpaired) electrons. The molecular formula is C15H18N4S2. The Morgan fingerprint density at radius 3 is 2.76 bits per heavy atom. The molecule has 0 aliphatic heterocycles.